The van der Waals surface area contributed by atoms with Crippen LogP contribution in [-0.4, -0.2) is 4.98 Å². The SMILES string of the molecule is Fc1ccc(Nc2nc3cc(Br)ccc3s2)cc1Cl. The standard InChI is InChI=1S/C13H7BrClFN2S/c14-7-1-4-12-11(5-7)18-13(19-12)17-8-2-3-10(16)9(15)6-8/h1-6H,(H,17,18). The van der Waals surface area contributed by atoms with Gasteiger partial charge in [0.15, 0.2) is 5.13 Å². The first kappa shape index (κ1) is 12.8. The fraction of sp³-hybridized carbons (Fsp3) is 0. The summed E-state index contributed by atoms with van der Waals surface area (Å²) in [5.74, 6) is -0.430. The Labute approximate surface area is 126 Å². The molecule has 0 fully saturated rings. The molecule has 0 amide bonds. The molecule has 2 nitrogen and oxygen atoms in total. The molecule has 0 bridgehead atoms. The van der Waals surface area contributed by atoms with Gasteiger partial charge in [-0.05, 0) is 36.4 Å². The molecule has 0 aliphatic carbocycles. The van der Waals surface area contributed by atoms with E-state index in [-0.39, 0.29) is 5.02 Å². The van der Waals surface area contributed by atoms with Crippen molar-refractivity contribution in [2.75, 3.05) is 5.32 Å². The molecule has 0 saturated heterocycles. The summed E-state index contributed by atoms with van der Waals surface area (Å²) in [5, 5.41) is 3.96. The van der Waals surface area contributed by atoms with Gasteiger partial charge in [0.25, 0.3) is 0 Å². The Morgan fingerprint density at radius 1 is 1.21 bits per heavy atom. The van der Waals surface area contributed by atoms with Crippen molar-refractivity contribution in [2.24, 2.45) is 0 Å². The molecule has 0 spiro atoms. The van der Waals surface area contributed by atoms with E-state index in [1.807, 2.05) is 18.2 Å². The maximum absolute atomic E-state index is 13.1. The minimum absolute atomic E-state index is 0.0915. The number of halogens is 3. The summed E-state index contributed by atoms with van der Waals surface area (Å²) < 4.78 is 15.1. The maximum Gasteiger partial charge on any atom is 0.188 e. The van der Waals surface area contributed by atoms with Gasteiger partial charge in [-0.3, -0.25) is 0 Å². The molecule has 1 aromatic heterocycles. The highest BCUT2D eigenvalue weighted by molar-refractivity contribution is 9.10. The summed E-state index contributed by atoms with van der Waals surface area (Å²) in [5.41, 5.74) is 1.62. The van der Waals surface area contributed by atoms with Gasteiger partial charge in [-0.25, -0.2) is 9.37 Å². The molecular weight excluding hydrogens is 351 g/mol. The summed E-state index contributed by atoms with van der Waals surface area (Å²) in [6, 6.07) is 10.4. The van der Waals surface area contributed by atoms with Crippen LogP contribution in [0.1, 0.15) is 0 Å². The average Bonchev–Trinajstić information content (AvgIpc) is 2.75. The molecule has 19 heavy (non-hydrogen) atoms. The number of aromatic nitrogens is 1. The molecule has 96 valence electrons. The third-order valence-electron chi connectivity index (χ3n) is 2.52. The molecule has 6 heteroatoms. The molecule has 0 unspecified atom stereocenters. The molecule has 0 saturated carbocycles. The molecule has 1 heterocycles. The number of thiazole rings is 1. The van der Waals surface area contributed by atoms with E-state index in [9.17, 15) is 4.39 Å². The molecule has 3 aromatic rings. The van der Waals surface area contributed by atoms with Gasteiger partial charge in [0.1, 0.15) is 5.82 Å². The summed E-state index contributed by atoms with van der Waals surface area (Å²) >= 11 is 10.7. The number of benzene rings is 2. The molecule has 1 N–H and O–H groups in total. The summed E-state index contributed by atoms with van der Waals surface area (Å²) in [6.07, 6.45) is 0. The molecule has 0 radical (unpaired) electrons. The smallest absolute Gasteiger partial charge is 0.188 e. The number of nitrogens with zero attached hydrogens (tertiary/aromatic N) is 1. The van der Waals surface area contributed by atoms with E-state index in [4.69, 9.17) is 11.6 Å². The Hall–Kier alpha value is -1.17. The van der Waals surface area contributed by atoms with Crippen molar-refractivity contribution in [1.29, 1.82) is 0 Å². The van der Waals surface area contributed by atoms with Crippen molar-refractivity contribution in [2.45, 2.75) is 0 Å². The monoisotopic (exact) mass is 356 g/mol. The third kappa shape index (κ3) is 2.73. The zero-order valence-corrected chi connectivity index (χ0v) is 12.6. The number of hydrogen-bond acceptors (Lipinski definition) is 3. The molecule has 3 rings (SSSR count). The predicted octanol–water partition coefficient (Wildman–Crippen LogP) is 5.59. The van der Waals surface area contributed by atoms with Crippen LogP contribution in [-0.2, 0) is 0 Å². The van der Waals surface area contributed by atoms with E-state index in [1.54, 1.807) is 12.1 Å². The van der Waals surface area contributed by atoms with Crippen LogP contribution in [0.4, 0.5) is 15.2 Å². The summed E-state index contributed by atoms with van der Waals surface area (Å²) in [4.78, 5) is 4.46. The van der Waals surface area contributed by atoms with Crippen LogP contribution < -0.4 is 5.32 Å². The number of hydrogen-bond donors (Lipinski definition) is 1. The van der Waals surface area contributed by atoms with Crippen molar-refractivity contribution >= 4 is 59.9 Å². The second kappa shape index (κ2) is 5.07. The fourth-order valence-corrected chi connectivity index (χ4v) is 3.05. The van der Waals surface area contributed by atoms with Crippen LogP contribution in [0.15, 0.2) is 40.9 Å². The summed E-state index contributed by atoms with van der Waals surface area (Å²) in [6.45, 7) is 0. The molecule has 2 aromatic carbocycles. The highest BCUT2D eigenvalue weighted by Gasteiger charge is 2.06. The number of anilines is 2. The van der Waals surface area contributed by atoms with Crippen molar-refractivity contribution < 1.29 is 4.39 Å². The third-order valence-corrected chi connectivity index (χ3v) is 4.26. The quantitative estimate of drug-likeness (QED) is 0.646. The van der Waals surface area contributed by atoms with Gasteiger partial charge in [0.2, 0.25) is 0 Å². The molecular formula is C13H7BrClFN2S. The van der Waals surface area contributed by atoms with Gasteiger partial charge in [0.05, 0.1) is 15.2 Å². The Morgan fingerprint density at radius 2 is 2.05 bits per heavy atom. The maximum atomic E-state index is 13.1. The largest absolute Gasteiger partial charge is 0.331 e. The highest BCUT2D eigenvalue weighted by Crippen LogP contribution is 2.31. The first-order chi connectivity index (χ1) is 9.11. The number of fused-ring (bicyclic) bond motifs is 1. The van der Waals surface area contributed by atoms with E-state index in [2.05, 4.69) is 26.2 Å². The predicted molar refractivity (Wildman–Crippen MR) is 82.0 cm³/mol. The van der Waals surface area contributed by atoms with Crippen LogP contribution in [0.2, 0.25) is 5.02 Å². The van der Waals surface area contributed by atoms with Crippen LogP contribution in [0.3, 0.4) is 0 Å². The molecule has 0 aliphatic rings. The summed E-state index contributed by atoms with van der Waals surface area (Å²) in [7, 11) is 0. The van der Waals surface area contributed by atoms with Gasteiger partial charge in [0, 0.05) is 10.2 Å². The first-order valence-electron chi connectivity index (χ1n) is 5.40. The Morgan fingerprint density at radius 3 is 2.84 bits per heavy atom. The fourth-order valence-electron chi connectivity index (χ4n) is 1.65. The van der Waals surface area contributed by atoms with Crippen molar-refractivity contribution in [3.63, 3.8) is 0 Å². The van der Waals surface area contributed by atoms with Crippen LogP contribution >= 0.6 is 38.9 Å². The zero-order chi connectivity index (χ0) is 13.4. The van der Waals surface area contributed by atoms with E-state index < -0.39 is 5.82 Å². The number of rotatable bonds is 2. The van der Waals surface area contributed by atoms with Crippen molar-refractivity contribution in [1.82, 2.24) is 4.98 Å². The van der Waals surface area contributed by atoms with Crippen molar-refractivity contribution in [3.05, 3.63) is 51.7 Å². The Bertz CT molecular complexity index is 759. The first-order valence-corrected chi connectivity index (χ1v) is 7.39. The van der Waals surface area contributed by atoms with Crippen LogP contribution in [0, 0.1) is 5.82 Å². The van der Waals surface area contributed by atoms with E-state index >= 15 is 0 Å². The lowest BCUT2D eigenvalue weighted by Crippen LogP contribution is -1.89. The van der Waals surface area contributed by atoms with Gasteiger partial charge >= 0.3 is 0 Å². The Kier molecular flexibility index (Phi) is 3.43. The normalized spacial score (nSPS) is 10.9. The van der Waals surface area contributed by atoms with Crippen LogP contribution in [0.5, 0.6) is 0 Å². The van der Waals surface area contributed by atoms with Gasteiger partial charge in [-0.2, -0.15) is 0 Å². The Balaban J connectivity index is 1.94. The van der Waals surface area contributed by atoms with E-state index in [0.29, 0.717) is 5.69 Å². The topological polar surface area (TPSA) is 24.9 Å². The van der Waals surface area contributed by atoms with Gasteiger partial charge in [-0.15, -0.1) is 0 Å². The lowest BCUT2D eigenvalue weighted by molar-refractivity contribution is 0.628. The lowest BCUT2D eigenvalue weighted by atomic mass is 10.3. The molecule has 0 aliphatic heterocycles. The second-order valence-electron chi connectivity index (χ2n) is 3.88. The second-order valence-corrected chi connectivity index (χ2v) is 6.24. The highest BCUT2D eigenvalue weighted by atomic mass is 79.9. The average molecular weight is 358 g/mol. The lowest BCUT2D eigenvalue weighted by Gasteiger charge is -2.02. The van der Waals surface area contributed by atoms with Crippen molar-refractivity contribution in [3.8, 4) is 0 Å². The number of nitrogens with one attached hydrogen (secondary N) is 1. The minimum atomic E-state index is -0.430. The minimum Gasteiger partial charge on any atom is -0.331 e. The van der Waals surface area contributed by atoms with E-state index in [0.717, 1.165) is 19.8 Å². The van der Waals surface area contributed by atoms with Gasteiger partial charge in [-0.1, -0.05) is 38.9 Å². The zero-order valence-electron chi connectivity index (χ0n) is 9.45. The van der Waals surface area contributed by atoms with E-state index in [1.165, 1.54) is 17.4 Å². The molecule has 0 atom stereocenters. The van der Waals surface area contributed by atoms with Crippen LogP contribution in [0.25, 0.3) is 10.2 Å². The van der Waals surface area contributed by atoms with Gasteiger partial charge < -0.3 is 5.32 Å².